The Morgan fingerprint density at radius 1 is 1.36 bits per heavy atom. The Balaban J connectivity index is 0.000000203. The molecule has 0 aromatic carbocycles. The number of hydrogen-bond donors (Lipinski definition) is 1. The maximum Gasteiger partial charge on any atom is 0.0833 e. The van der Waals surface area contributed by atoms with E-state index in [1.165, 1.54) is 6.42 Å². The first-order valence-electron chi connectivity index (χ1n) is 5.65. The van der Waals surface area contributed by atoms with Gasteiger partial charge >= 0.3 is 0 Å². The highest BCUT2D eigenvalue weighted by atomic mass is 16.6. The fourth-order valence-corrected chi connectivity index (χ4v) is 1.58. The standard InChI is InChI=1S/C8H16O2.C3H6O/c1-2-10-8-6-4-3-5-7(8)9;1-3-2-4-3/h7-9H,2-6H2,1H3;3H,2H2,1H3. The molecule has 1 N–H and O–H groups in total. The van der Waals surface area contributed by atoms with Crippen LogP contribution in [0.4, 0.5) is 0 Å². The molecular weight excluding hydrogens is 180 g/mol. The summed E-state index contributed by atoms with van der Waals surface area (Å²) in [5.74, 6) is 0. The monoisotopic (exact) mass is 202 g/mol. The number of aliphatic hydroxyl groups excluding tert-OH is 1. The molecule has 3 heteroatoms. The third kappa shape index (κ3) is 4.94. The van der Waals surface area contributed by atoms with Crippen molar-refractivity contribution in [3.8, 4) is 0 Å². The molecule has 3 unspecified atom stereocenters. The molecule has 1 heterocycles. The molecular formula is C11H22O3. The van der Waals surface area contributed by atoms with Crippen LogP contribution in [0.25, 0.3) is 0 Å². The molecule has 84 valence electrons. The second kappa shape index (κ2) is 6.38. The molecule has 3 atom stereocenters. The largest absolute Gasteiger partial charge is 0.390 e. The maximum absolute atomic E-state index is 9.38. The Kier molecular flexibility index (Phi) is 5.45. The van der Waals surface area contributed by atoms with E-state index in [0.29, 0.717) is 6.10 Å². The zero-order chi connectivity index (χ0) is 10.4. The van der Waals surface area contributed by atoms with Gasteiger partial charge in [0.1, 0.15) is 0 Å². The minimum atomic E-state index is -0.200. The number of epoxide rings is 1. The highest BCUT2D eigenvalue weighted by molar-refractivity contribution is 4.74. The van der Waals surface area contributed by atoms with Crippen LogP contribution in [0, 0.1) is 0 Å². The van der Waals surface area contributed by atoms with E-state index >= 15 is 0 Å². The molecule has 0 aromatic heterocycles. The van der Waals surface area contributed by atoms with E-state index in [0.717, 1.165) is 32.5 Å². The van der Waals surface area contributed by atoms with Gasteiger partial charge in [-0.1, -0.05) is 12.8 Å². The number of aliphatic hydroxyl groups is 1. The number of ether oxygens (including phenoxy) is 2. The molecule has 0 bridgehead atoms. The summed E-state index contributed by atoms with van der Waals surface area (Å²) < 4.78 is 10.1. The normalized spacial score (nSPS) is 35.8. The predicted molar refractivity (Wildman–Crippen MR) is 55.3 cm³/mol. The van der Waals surface area contributed by atoms with Crippen molar-refractivity contribution in [2.45, 2.75) is 57.8 Å². The molecule has 14 heavy (non-hydrogen) atoms. The van der Waals surface area contributed by atoms with E-state index in [1.807, 2.05) is 6.92 Å². The van der Waals surface area contributed by atoms with Crippen LogP contribution in [0.2, 0.25) is 0 Å². The Morgan fingerprint density at radius 3 is 2.36 bits per heavy atom. The van der Waals surface area contributed by atoms with Crippen LogP contribution >= 0.6 is 0 Å². The van der Waals surface area contributed by atoms with Crippen LogP contribution in [-0.4, -0.2) is 36.6 Å². The van der Waals surface area contributed by atoms with E-state index in [4.69, 9.17) is 9.47 Å². The zero-order valence-corrected chi connectivity index (χ0v) is 9.24. The molecule has 0 amide bonds. The summed E-state index contributed by atoms with van der Waals surface area (Å²) in [4.78, 5) is 0. The van der Waals surface area contributed by atoms with Gasteiger partial charge < -0.3 is 14.6 Å². The minimum Gasteiger partial charge on any atom is -0.390 e. The average Bonchev–Trinajstić information content (AvgIpc) is 2.94. The van der Waals surface area contributed by atoms with Gasteiger partial charge in [-0.05, 0) is 26.7 Å². The highest BCUT2D eigenvalue weighted by Gasteiger charge is 2.22. The van der Waals surface area contributed by atoms with Crippen LogP contribution in [0.1, 0.15) is 39.5 Å². The Bertz CT molecular complexity index is 143. The van der Waals surface area contributed by atoms with Gasteiger partial charge in [0.15, 0.2) is 0 Å². The van der Waals surface area contributed by atoms with Gasteiger partial charge in [-0.25, -0.2) is 0 Å². The van der Waals surface area contributed by atoms with Crippen molar-refractivity contribution in [3.05, 3.63) is 0 Å². The van der Waals surface area contributed by atoms with Crippen molar-refractivity contribution >= 4 is 0 Å². The van der Waals surface area contributed by atoms with E-state index in [9.17, 15) is 5.11 Å². The zero-order valence-electron chi connectivity index (χ0n) is 9.24. The van der Waals surface area contributed by atoms with Crippen LogP contribution in [0.15, 0.2) is 0 Å². The maximum atomic E-state index is 9.38. The van der Waals surface area contributed by atoms with Crippen LogP contribution < -0.4 is 0 Å². The lowest BCUT2D eigenvalue weighted by Crippen LogP contribution is -2.32. The molecule has 1 saturated carbocycles. The topological polar surface area (TPSA) is 42.0 Å². The van der Waals surface area contributed by atoms with Crippen molar-refractivity contribution in [2.24, 2.45) is 0 Å². The summed E-state index contributed by atoms with van der Waals surface area (Å²) in [7, 11) is 0. The highest BCUT2D eigenvalue weighted by Crippen LogP contribution is 2.20. The first-order chi connectivity index (χ1) is 6.74. The van der Waals surface area contributed by atoms with Crippen molar-refractivity contribution < 1.29 is 14.6 Å². The molecule has 1 saturated heterocycles. The van der Waals surface area contributed by atoms with Crippen LogP contribution in [0.3, 0.4) is 0 Å². The van der Waals surface area contributed by atoms with Crippen molar-refractivity contribution in [1.29, 1.82) is 0 Å². The molecule has 3 nitrogen and oxygen atoms in total. The third-order valence-electron chi connectivity index (χ3n) is 2.55. The van der Waals surface area contributed by atoms with Crippen LogP contribution in [-0.2, 0) is 9.47 Å². The summed E-state index contributed by atoms with van der Waals surface area (Å²) >= 11 is 0. The third-order valence-corrected chi connectivity index (χ3v) is 2.55. The van der Waals surface area contributed by atoms with E-state index in [1.54, 1.807) is 0 Å². The number of hydrogen-bond acceptors (Lipinski definition) is 3. The van der Waals surface area contributed by atoms with Crippen molar-refractivity contribution in [3.63, 3.8) is 0 Å². The van der Waals surface area contributed by atoms with Gasteiger partial charge in [0, 0.05) is 6.61 Å². The molecule has 0 radical (unpaired) electrons. The Labute approximate surface area is 86.4 Å². The van der Waals surface area contributed by atoms with Gasteiger partial charge in [0.2, 0.25) is 0 Å². The van der Waals surface area contributed by atoms with Gasteiger partial charge in [-0.2, -0.15) is 0 Å². The second-order valence-corrected chi connectivity index (χ2v) is 3.99. The van der Waals surface area contributed by atoms with Crippen LogP contribution in [0.5, 0.6) is 0 Å². The first-order valence-corrected chi connectivity index (χ1v) is 5.65. The van der Waals surface area contributed by atoms with Gasteiger partial charge in [-0.15, -0.1) is 0 Å². The lowest BCUT2D eigenvalue weighted by atomic mass is 9.95. The molecule has 0 spiro atoms. The Hall–Kier alpha value is -0.120. The average molecular weight is 202 g/mol. The lowest BCUT2D eigenvalue weighted by molar-refractivity contribution is -0.0542. The van der Waals surface area contributed by atoms with Gasteiger partial charge in [0.25, 0.3) is 0 Å². The quantitative estimate of drug-likeness (QED) is 0.693. The van der Waals surface area contributed by atoms with Crippen molar-refractivity contribution in [2.75, 3.05) is 13.2 Å². The molecule has 2 fully saturated rings. The van der Waals surface area contributed by atoms with E-state index in [-0.39, 0.29) is 12.2 Å². The summed E-state index contributed by atoms with van der Waals surface area (Å²) in [6.45, 7) is 5.74. The van der Waals surface area contributed by atoms with Gasteiger partial charge in [0.05, 0.1) is 24.9 Å². The molecule has 2 aliphatic rings. The Morgan fingerprint density at radius 2 is 1.93 bits per heavy atom. The summed E-state index contributed by atoms with van der Waals surface area (Å²) in [6.07, 6.45) is 4.83. The molecule has 2 rings (SSSR count). The lowest BCUT2D eigenvalue weighted by Gasteiger charge is -2.26. The molecule has 1 aliphatic heterocycles. The molecule has 0 aromatic rings. The fourth-order valence-electron chi connectivity index (χ4n) is 1.58. The molecule has 1 aliphatic carbocycles. The fraction of sp³-hybridized carbons (Fsp3) is 1.00. The van der Waals surface area contributed by atoms with E-state index in [2.05, 4.69) is 6.92 Å². The van der Waals surface area contributed by atoms with Crippen molar-refractivity contribution in [1.82, 2.24) is 0 Å². The van der Waals surface area contributed by atoms with E-state index < -0.39 is 0 Å². The SMILES string of the molecule is CC1CO1.CCOC1CCCCC1O. The summed E-state index contributed by atoms with van der Waals surface area (Å²) in [5.41, 5.74) is 0. The predicted octanol–water partition coefficient (Wildman–Crippen LogP) is 1.73. The number of rotatable bonds is 2. The summed E-state index contributed by atoms with van der Waals surface area (Å²) in [5, 5.41) is 9.38. The first kappa shape index (κ1) is 12.0. The second-order valence-electron chi connectivity index (χ2n) is 3.99. The smallest absolute Gasteiger partial charge is 0.0833 e. The summed E-state index contributed by atoms with van der Waals surface area (Å²) in [6, 6.07) is 0. The van der Waals surface area contributed by atoms with Gasteiger partial charge in [-0.3, -0.25) is 0 Å². The minimum absolute atomic E-state index is 0.124.